The number of fused-ring (bicyclic) bond motifs is 3. The van der Waals surface area contributed by atoms with Gasteiger partial charge in [0.2, 0.25) is 0 Å². The van der Waals surface area contributed by atoms with Crippen LogP contribution in [-0.2, 0) is 23.8 Å². The highest BCUT2D eigenvalue weighted by atomic mass is 16.6. The fraction of sp³-hybridized carbons (Fsp3) is 0.400. The van der Waals surface area contributed by atoms with E-state index >= 15 is 0 Å². The van der Waals surface area contributed by atoms with Gasteiger partial charge in [0.15, 0.2) is 0 Å². The summed E-state index contributed by atoms with van der Waals surface area (Å²) in [6.07, 6.45) is -0.731. The molecule has 0 saturated heterocycles. The molecule has 0 aliphatic heterocycles. The Kier molecular flexibility index (Phi) is 7.18. The van der Waals surface area contributed by atoms with Crippen LogP contribution in [0.1, 0.15) is 44.2 Å². The molecule has 3 rings (SSSR count). The van der Waals surface area contributed by atoms with Gasteiger partial charge in [0, 0.05) is 12.5 Å². The van der Waals surface area contributed by atoms with Gasteiger partial charge in [-0.25, -0.2) is 4.79 Å². The van der Waals surface area contributed by atoms with E-state index in [9.17, 15) is 14.4 Å². The quantitative estimate of drug-likeness (QED) is 0.476. The summed E-state index contributed by atoms with van der Waals surface area (Å²) >= 11 is 0. The maximum atomic E-state index is 12.9. The predicted octanol–water partition coefficient (Wildman–Crippen LogP) is 4.14. The van der Waals surface area contributed by atoms with Crippen LogP contribution in [0.2, 0.25) is 0 Å². The largest absolute Gasteiger partial charge is 0.469 e. The topological polar surface area (TPSA) is 82.1 Å². The summed E-state index contributed by atoms with van der Waals surface area (Å²) in [6, 6.07) is 16.1. The lowest BCUT2D eigenvalue weighted by atomic mass is 9.98. The summed E-state index contributed by atoms with van der Waals surface area (Å²) < 4.78 is 15.6. The molecule has 0 saturated carbocycles. The Morgan fingerprint density at radius 3 is 2.00 bits per heavy atom. The van der Waals surface area contributed by atoms with Crippen LogP contribution in [0.25, 0.3) is 11.1 Å². The zero-order chi connectivity index (χ0) is 23.3. The third-order valence-electron chi connectivity index (χ3n) is 5.15. The van der Waals surface area contributed by atoms with Crippen LogP contribution in [0.5, 0.6) is 0 Å². The average Bonchev–Trinajstić information content (AvgIpc) is 3.07. The van der Waals surface area contributed by atoms with Gasteiger partial charge >= 0.3 is 18.0 Å². The van der Waals surface area contributed by atoms with Crippen molar-refractivity contribution in [3.05, 3.63) is 59.7 Å². The number of carbonyl (C=O) groups is 3. The van der Waals surface area contributed by atoms with E-state index in [2.05, 4.69) is 16.9 Å². The number of esters is 2. The molecule has 0 fully saturated rings. The summed E-state index contributed by atoms with van der Waals surface area (Å²) in [5.41, 5.74) is 3.75. The van der Waals surface area contributed by atoms with Gasteiger partial charge in [-0.3, -0.25) is 14.5 Å². The van der Waals surface area contributed by atoms with Gasteiger partial charge in [-0.2, -0.15) is 0 Å². The zero-order valence-electron chi connectivity index (χ0n) is 18.9. The number of hydrogen-bond acceptors (Lipinski definition) is 6. The summed E-state index contributed by atoms with van der Waals surface area (Å²) in [6.45, 7) is 5.04. The minimum Gasteiger partial charge on any atom is -0.469 e. The molecule has 1 aliphatic carbocycles. The second-order valence-electron chi connectivity index (χ2n) is 8.64. The Morgan fingerprint density at radius 2 is 1.47 bits per heavy atom. The number of methoxy groups -OCH3 is 1. The Balaban J connectivity index is 1.71. The second-order valence-corrected chi connectivity index (χ2v) is 8.64. The van der Waals surface area contributed by atoms with Crippen molar-refractivity contribution in [3.63, 3.8) is 0 Å². The first kappa shape index (κ1) is 23.3. The molecule has 170 valence electrons. The Hall–Kier alpha value is -3.35. The van der Waals surface area contributed by atoms with Crippen molar-refractivity contribution in [2.24, 2.45) is 0 Å². The highest BCUT2D eigenvalue weighted by Crippen LogP contribution is 2.44. The lowest BCUT2D eigenvalue weighted by Crippen LogP contribution is -2.40. The van der Waals surface area contributed by atoms with Crippen molar-refractivity contribution in [1.29, 1.82) is 0 Å². The van der Waals surface area contributed by atoms with E-state index in [4.69, 9.17) is 9.47 Å². The first-order valence-electron chi connectivity index (χ1n) is 10.6. The Labute approximate surface area is 188 Å². The van der Waals surface area contributed by atoms with E-state index in [-0.39, 0.29) is 32.0 Å². The summed E-state index contributed by atoms with van der Waals surface area (Å²) in [5, 5.41) is 0. The molecule has 0 radical (unpaired) electrons. The molecule has 7 heteroatoms. The van der Waals surface area contributed by atoms with Crippen molar-refractivity contribution in [3.8, 4) is 11.1 Å². The fourth-order valence-electron chi connectivity index (χ4n) is 3.78. The molecule has 2 aromatic carbocycles. The number of nitrogens with zero attached hydrogens (tertiary/aromatic N) is 1. The van der Waals surface area contributed by atoms with Crippen LogP contribution in [-0.4, -0.2) is 55.3 Å². The normalized spacial score (nSPS) is 12.5. The second kappa shape index (κ2) is 9.85. The Bertz CT molecular complexity index is 948. The molecule has 0 spiro atoms. The van der Waals surface area contributed by atoms with Crippen LogP contribution < -0.4 is 0 Å². The first-order chi connectivity index (χ1) is 15.2. The third kappa shape index (κ3) is 5.66. The van der Waals surface area contributed by atoms with E-state index in [0.29, 0.717) is 0 Å². The van der Waals surface area contributed by atoms with E-state index < -0.39 is 23.6 Å². The van der Waals surface area contributed by atoms with Crippen molar-refractivity contribution in [1.82, 2.24) is 4.90 Å². The van der Waals surface area contributed by atoms with E-state index in [1.807, 2.05) is 36.4 Å². The monoisotopic (exact) mass is 439 g/mol. The third-order valence-corrected chi connectivity index (χ3v) is 5.15. The van der Waals surface area contributed by atoms with Crippen molar-refractivity contribution >= 4 is 18.0 Å². The van der Waals surface area contributed by atoms with Gasteiger partial charge < -0.3 is 14.2 Å². The number of hydrogen-bond donors (Lipinski definition) is 0. The van der Waals surface area contributed by atoms with E-state index in [0.717, 1.165) is 22.3 Å². The SMILES string of the molecule is COC(=O)CCN(CC(=O)OC(C)(C)C)C(=O)OCC1c2ccccc2-c2ccccc21. The van der Waals surface area contributed by atoms with Gasteiger partial charge in [-0.15, -0.1) is 0 Å². The molecular weight excluding hydrogens is 410 g/mol. The number of amides is 1. The van der Waals surface area contributed by atoms with Gasteiger partial charge in [-0.1, -0.05) is 48.5 Å². The van der Waals surface area contributed by atoms with E-state index in [1.54, 1.807) is 20.8 Å². The summed E-state index contributed by atoms with van der Waals surface area (Å²) in [4.78, 5) is 37.9. The van der Waals surface area contributed by atoms with Crippen LogP contribution in [0.3, 0.4) is 0 Å². The van der Waals surface area contributed by atoms with Crippen molar-refractivity contribution < 1.29 is 28.6 Å². The zero-order valence-corrected chi connectivity index (χ0v) is 18.9. The average molecular weight is 440 g/mol. The number of carbonyl (C=O) groups excluding carboxylic acids is 3. The van der Waals surface area contributed by atoms with Crippen LogP contribution in [0, 0.1) is 0 Å². The molecule has 0 N–H and O–H groups in total. The first-order valence-corrected chi connectivity index (χ1v) is 10.6. The van der Waals surface area contributed by atoms with Gasteiger partial charge in [-0.05, 0) is 43.0 Å². The van der Waals surface area contributed by atoms with Crippen LogP contribution in [0.15, 0.2) is 48.5 Å². The molecule has 0 aromatic heterocycles. The highest BCUT2D eigenvalue weighted by Gasteiger charge is 2.30. The smallest absolute Gasteiger partial charge is 0.410 e. The van der Waals surface area contributed by atoms with Gasteiger partial charge in [0.25, 0.3) is 0 Å². The molecule has 2 aromatic rings. The molecule has 1 aliphatic rings. The van der Waals surface area contributed by atoms with Crippen LogP contribution >= 0.6 is 0 Å². The van der Waals surface area contributed by atoms with E-state index in [1.165, 1.54) is 12.0 Å². The van der Waals surface area contributed by atoms with Crippen LogP contribution in [0.4, 0.5) is 4.79 Å². The summed E-state index contributed by atoms with van der Waals surface area (Å²) in [5.74, 6) is -1.16. The molecular formula is C25H29NO6. The molecule has 0 heterocycles. The molecule has 32 heavy (non-hydrogen) atoms. The summed E-state index contributed by atoms with van der Waals surface area (Å²) in [7, 11) is 1.27. The van der Waals surface area contributed by atoms with Crippen molar-refractivity contribution in [2.75, 3.05) is 26.8 Å². The van der Waals surface area contributed by atoms with Crippen molar-refractivity contribution in [2.45, 2.75) is 38.7 Å². The molecule has 7 nitrogen and oxygen atoms in total. The minimum absolute atomic E-state index is 0.0113. The fourth-order valence-corrected chi connectivity index (χ4v) is 3.78. The molecule has 0 atom stereocenters. The standard InChI is InChI=1S/C25H29NO6/c1-25(2,3)32-23(28)15-26(14-13-22(27)30-4)24(29)31-16-21-19-11-7-5-9-17(19)18-10-6-8-12-20(18)21/h5-12,21H,13-16H2,1-4H3. The van der Waals surface area contributed by atoms with Gasteiger partial charge in [0.1, 0.15) is 18.8 Å². The highest BCUT2D eigenvalue weighted by molar-refractivity contribution is 5.80. The lowest BCUT2D eigenvalue weighted by Gasteiger charge is -2.25. The predicted molar refractivity (Wildman–Crippen MR) is 119 cm³/mol. The number of ether oxygens (including phenoxy) is 3. The van der Waals surface area contributed by atoms with Gasteiger partial charge in [0.05, 0.1) is 13.5 Å². The molecule has 0 bridgehead atoms. The lowest BCUT2D eigenvalue weighted by molar-refractivity contribution is -0.156. The molecule has 0 unspecified atom stereocenters. The Morgan fingerprint density at radius 1 is 0.906 bits per heavy atom. The number of benzene rings is 2. The molecule has 1 amide bonds. The number of rotatable bonds is 7. The maximum absolute atomic E-state index is 12.9. The maximum Gasteiger partial charge on any atom is 0.410 e. The minimum atomic E-state index is -0.688.